The van der Waals surface area contributed by atoms with Crippen LogP contribution in [0.15, 0.2) is 29.8 Å². The van der Waals surface area contributed by atoms with E-state index in [1.165, 1.54) is 0 Å². The summed E-state index contributed by atoms with van der Waals surface area (Å²) in [7, 11) is 1.55. The van der Waals surface area contributed by atoms with E-state index in [1.807, 2.05) is 11.4 Å². The minimum atomic E-state index is 0.546. The van der Waals surface area contributed by atoms with Crippen molar-refractivity contribution in [2.24, 2.45) is 0 Å². The molecule has 0 aliphatic carbocycles. The zero-order valence-corrected chi connectivity index (χ0v) is 8.95. The molecule has 0 spiro atoms. The largest absolute Gasteiger partial charge is 0.496 e. The Morgan fingerprint density at radius 2 is 2.33 bits per heavy atom. The number of carbonyl (C=O) groups excluding carboxylic acids is 1. The number of methoxy groups -OCH3 is 1. The molecule has 0 amide bonds. The fourth-order valence-electron chi connectivity index (χ4n) is 1.33. The summed E-state index contributed by atoms with van der Waals surface area (Å²) in [6, 6.07) is 5.45. The van der Waals surface area contributed by atoms with E-state index in [4.69, 9.17) is 4.74 Å². The molecule has 4 heteroatoms. The number of thiazole rings is 1. The van der Waals surface area contributed by atoms with E-state index in [0.717, 1.165) is 16.9 Å². The molecule has 0 bridgehead atoms. The van der Waals surface area contributed by atoms with Crippen LogP contribution in [0.3, 0.4) is 0 Å². The normalized spacial score (nSPS) is 9.93. The van der Waals surface area contributed by atoms with Gasteiger partial charge in [0.2, 0.25) is 0 Å². The van der Waals surface area contributed by atoms with Crippen molar-refractivity contribution >= 4 is 17.6 Å². The Kier molecular flexibility index (Phi) is 2.78. The van der Waals surface area contributed by atoms with Gasteiger partial charge in [0.15, 0.2) is 6.29 Å². The molecule has 0 radical (unpaired) electrons. The number of benzene rings is 1. The SMILES string of the molecule is COc1ccc(-c2nccs2)cc1C=O. The van der Waals surface area contributed by atoms with Crippen LogP contribution in [0.1, 0.15) is 10.4 Å². The molecule has 76 valence electrons. The predicted molar refractivity (Wildman–Crippen MR) is 59.5 cm³/mol. The van der Waals surface area contributed by atoms with Gasteiger partial charge in [0, 0.05) is 17.1 Å². The van der Waals surface area contributed by atoms with E-state index >= 15 is 0 Å². The fourth-order valence-corrected chi connectivity index (χ4v) is 1.96. The third kappa shape index (κ3) is 1.89. The Bertz CT molecular complexity index is 465. The van der Waals surface area contributed by atoms with Gasteiger partial charge < -0.3 is 4.74 Å². The van der Waals surface area contributed by atoms with Crippen LogP contribution in [0.5, 0.6) is 5.75 Å². The highest BCUT2D eigenvalue weighted by Gasteiger charge is 2.06. The van der Waals surface area contributed by atoms with E-state index in [-0.39, 0.29) is 0 Å². The smallest absolute Gasteiger partial charge is 0.153 e. The summed E-state index contributed by atoms with van der Waals surface area (Å²) in [6.45, 7) is 0. The first kappa shape index (κ1) is 9.86. The van der Waals surface area contributed by atoms with Gasteiger partial charge >= 0.3 is 0 Å². The lowest BCUT2D eigenvalue weighted by molar-refractivity contribution is 0.112. The van der Waals surface area contributed by atoms with Gasteiger partial charge in [-0.25, -0.2) is 4.98 Å². The number of nitrogens with zero attached hydrogens (tertiary/aromatic N) is 1. The van der Waals surface area contributed by atoms with Crippen LogP contribution in [-0.4, -0.2) is 18.4 Å². The second kappa shape index (κ2) is 4.23. The Morgan fingerprint density at radius 1 is 1.47 bits per heavy atom. The molecule has 0 saturated carbocycles. The maximum Gasteiger partial charge on any atom is 0.153 e. The van der Waals surface area contributed by atoms with E-state index in [2.05, 4.69) is 4.98 Å². The number of hydrogen-bond donors (Lipinski definition) is 0. The lowest BCUT2D eigenvalue weighted by Gasteiger charge is -2.04. The van der Waals surface area contributed by atoms with Crippen LogP contribution in [0, 0.1) is 0 Å². The van der Waals surface area contributed by atoms with Crippen LogP contribution in [0.2, 0.25) is 0 Å². The van der Waals surface area contributed by atoms with E-state index in [9.17, 15) is 4.79 Å². The fraction of sp³-hybridized carbons (Fsp3) is 0.0909. The van der Waals surface area contributed by atoms with Gasteiger partial charge in [0.1, 0.15) is 10.8 Å². The average molecular weight is 219 g/mol. The van der Waals surface area contributed by atoms with Gasteiger partial charge in [0.25, 0.3) is 0 Å². The zero-order chi connectivity index (χ0) is 10.7. The van der Waals surface area contributed by atoms with Gasteiger partial charge in [-0.1, -0.05) is 0 Å². The zero-order valence-electron chi connectivity index (χ0n) is 8.14. The Morgan fingerprint density at radius 3 is 2.93 bits per heavy atom. The number of aldehydes is 1. The molecule has 0 aliphatic rings. The molecule has 2 rings (SSSR count). The summed E-state index contributed by atoms with van der Waals surface area (Å²) in [6.07, 6.45) is 2.53. The first-order chi connectivity index (χ1) is 7.35. The van der Waals surface area contributed by atoms with Crippen molar-refractivity contribution in [3.8, 4) is 16.3 Å². The molecular formula is C11H9NO2S. The first-order valence-corrected chi connectivity index (χ1v) is 5.26. The van der Waals surface area contributed by atoms with Crippen molar-refractivity contribution in [3.05, 3.63) is 35.3 Å². The summed E-state index contributed by atoms with van der Waals surface area (Å²) in [5.74, 6) is 0.588. The molecule has 0 aliphatic heterocycles. The summed E-state index contributed by atoms with van der Waals surface area (Å²) in [5, 5.41) is 2.81. The van der Waals surface area contributed by atoms with E-state index in [0.29, 0.717) is 11.3 Å². The lowest BCUT2D eigenvalue weighted by Crippen LogP contribution is -1.90. The molecule has 0 saturated heterocycles. The topological polar surface area (TPSA) is 39.2 Å². The van der Waals surface area contributed by atoms with Crippen LogP contribution in [-0.2, 0) is 0 Å². The minimum absolute atomic E-state index is 0.546. The van der Waals surface area contributed by atoms with Crippen LogP contribution >= 0.6 is 11.3 Å². The number of carbonyl (C=O) groups is 1. The Balaban J connectivity index is 2.48. The summed E-state index contributed by atoms with van der Waals surface area (Å²) in [4.78, 5) is 15.0. The monoisotopic (exact) mass is 219 g/mol. The van der Waals surface area contributed by atoms with Crippen molar-refractivity contribution in [3.63, 3.8) is 0 Å². The minimum Gasteiger partial charge on any atom is -0.496 e. The van der Waals surface area contributed by atoms with Gasteiger partial charge in [-0.15, -0.1) is 11.3 Å². The standard InChI is InChI=1S/C11H9NO2S/c1-14-10-3-2-8(6-9(10)7-13)11-12-4-5-15-11/h2-7H,1H3. The van der Waals surface area contributed by atoms with Crippen LogP contribution in [0.25, 0.3) is 10.6 Å². The van der Waals surface area contributed by atoms with Gasteiger partial charge in [-0.2, -0.15) is 0 Å². The Labute approximate surface area is 91.4 Å². The van der Waals surface area contributed by atoms with E-state index < -0.39 is 0 Å². The molecule has 0 fully saturated rings. The van der Waals surface area contributed by atoms with Crippen molar-refractivity contribution in [2.45, 2.75) is 0 Å². The first-order valence-electron chi connectivity index (χ1n) is 4.38. The Hall–Kier alpha value is -1.68. The summed E-state index contributed by atoms with van der Waals surface area (Å²) in [5.41, 5.74) is 1.48. The number of aromatic nitrogens is 1. The molecule has 0 atom stereocenters. The molecule has 2 aromatic rings. The molecule has 1 aromatic heterocycles. The highest BCUT2D eigenvalue weighted by molar-refractivity contribution is 7.13. The van der Waals surface area contributed by atoms with Crippen molar-refractivity contribution in [1.82, 2.24) is 4.98 Å². The molecule has 1 heterocycles. The molecule has 0 unspecified atom stereocenters. The van der Waals surface area contributed by atoms with Crippen molar-refractivity contribution in [2.75, 3.05) is 7.11 Å². The van der Waals surface area contributed by atoms with Crippen LogP contribution in [0.4, 0.5) is 0 Å². The van der Waals surface area contributed by atoms with E-state index in [1.54, 1.807) is 36.8 Å². The maximum absolute atomic E-state index is 10.8. The van der Waals surface area contributed by atoms with Gasteiger partial charge in [-0.3, -0.25) is 4.79 Å². The molecule has 1 aromatic carbocycles. The average Bonchev–Trinajstić information content (AvgIpc) is 2.81. The molecular weight excluding hydrogens is 210 g/mol. The third-order valence-corrected chi connectivity index (χ3v) is 2.86. The van der Waals surface area contributed by atoms with Crippen LogP contribution < -0.4 is 4.74 Å². The number of ether oxygens (including phenoxy) is 1. The summed E-state index contributed by atoms with van der Waals surface area (Å²) >= 11 is 1.54. The van der Waals surface area contributed by atoms with Crippen molar-refractivity contribution in [1.29, 1.82) is 0 Å². The third-order valence-electron chi connectivity index (χ3n) is 2.04. The second-order valence-electron chi connectivity index (χ2n) is 2.91. The quantitative estimate of drug-likeness (QED) is 0.745. The maximum atomic E-state index is 10.8. The van der Waals surface area contributed by atoms with Gasteiger partial charge in [-0.05, 0) is 18.2 Å². The number of hydrogen-bond acceptors (Lipinski definition) is 4. The number of rotatable bonds is 3. The summed E-state index contributed by atoms with van der Waals surface area (Å²) < 4.78 is 5.06. The molecule has 15 heavy (non-hydrogen) atoms. The second-order valence-corrected chi connectivity index (χ2v) is 3.81. The highest BCUT2D eigenvalue weighted by Crippen LogP contribution is 2.26. The predicted octanol–water partition coefficient (Wildman–Crippen LogP) is 2.63. The lowest BCUT2D eigenvalue weighted by atomic mass is 10.1. The molecule has 3 nitrogen and oxygen atoms in total. The highest BCUT2D eigenvalue weighted by atomic mass is 32.1. The molecule has 0 N–H and O–H groups in total. The van der Waals surface area contributed by atoms with Crippen molar-refractivity contribution < 1.29 is 9.53 Å². The van der Waals surface area contributed by atoms with Gasteiger partial charge in [0.05, 0.1) is 12.7 Å².